The zero-order valence-corrected chi connectivity index (χ0v) is 14.5. The Morgan fingerprint density at radius 2 is 2.16 bits per heavy atom. The van der Waals surface area contributed by atoms with Crippen LogP contribution in [0.1, 0.15) is 38.1 Å². The average Bonchev–Trinajstić information content (AvgIpc) is 3.35. The highest BCUT2D eigenvalue weighted by atomic mass is 32.1. The van der Waals surface area contributed by atoms with Crippen molar-refractivity contribution in [1.29, 1.82) is 0 Å². The van der Waals surface area contributed by atoms with Crippen molar-refractivity contribution in [3.63, 3.8) is 0 Å². The quantitative estimate of drug-likeness (QED) is 0.761. The number of carbonyl (C=O) groups excluding carboxylic acids is 1. The molecule has 4 rings (SSSR count). The van der Waals surface area contributed by atoms with E-state index in [4.69, 9.17) is 0 Å². The number of fused-ring (bicyclic) bond motifs is 1. The Bertz CT molecular complexity index is 951. The number of nitrogens with zero attached hydrogens (tertiary/aromatic N) is 4. The number of carbonyl (C=O) groups is 1. The molecule has 1 amide bonds. The van der Waals surface area contributed by atoms with E-state index in [0.717, 1.165) is 23.5 Å². The highest BCUT2D eigenvalue weighted by molar-refractivity contribution is 7.16. The maximum atomic E-state index is 12.3. The van der Waals surface area contributed by atoms with Gasteiger partial charge in [-0.25, -0.2) is 9.67 Å². The summed E-state index contributed by atoms with van der Waals surface area (Å²) in [5, 5.41) is 9.72. The summed E-state index contributed by atoms with van der Waals surface area (Å²) < 4.78 is 3.40. The Kier molecular flexibility index (Phi) is 4.35. The lowest BCUT2D eigenvalue weighted by molar-refractivity contribution is -0.116. The van der Waals surface area contributed by atoms with Crippen LogP contribution in [0.25, 0.3) is 10.2 Å². The van der Waals surface area contributed by atoms with Crippen LogP contribution < -0.4 is 10.9 Å². The lowest BCUT2D eigenvalue weighted by atomic mass is 10.2. The van der Waals surface area contributed by atoms with Crippen molar-refractivity contribution >= 4 is 33.3 Å². The molecule has 1 fully saturated rings. The summed E-state index contributed by atoms with van der Waals surface area (Å²) in [6, 6.07) is 3.96. The molecule has 0 saturated heterocycles. The minimum atomic E-state index is -0.128. The van der Waals surface area contributed by atoms with Crippen LogP contribution in [-0.2, 0) is 11.3 Å². The second-order valence-electron chi connectivity index (χ2n) is 6.28. The highest BCUT2D eigenvalue weighted by Crippen LogP contribution is 2.31. The number of thiophene rings is 1. The summed E-state index contributed by atoms with van der Waals surface area (Å²) in [6.07, 6.45) is 8.06. The SMILES string of the molecule is O=C(CCn1cnc2sccc2c1=O)Nc1ccnn1C1CCCC1. The topological polar surface area (TPSA) is 81.8 Å². The fraction of sp³-hybridized carbons (Fsp3) is 0.412. The molecule has 1 N–H and O–H groups in total. The Hall–Kier alpha value is -2.48. The summed E-state index contributed by atoms with van der Waals surface area (Å²) >= 11 is 1.44. The third-order valence-electron chi connectivity index (χ3n) is 4.64. The van der Waals surface area contributed by atoms with E-state index in [0.29, 0.717) is 18.0 Å². The van der Waals surface area contributed by atoms with Crippen LogP contribution >= 0.6 is 11.3 Å². The van der Waals surface area contributed by atoms with Gasteiger partial charge >= 0.3 is 0 Å². The Labute approximate surface area is 148 Å². The molecule has 0 unspecified atom stereocenters. The number of aryl methyl sites for hydroxylation is 1. The van der Waals surface area contributed by atoms with E-state index in [1.807, 2.05) is 16.1 Å². The van der Waals surface area contributed by atoms with Gasteiger partial charge in [0.05, 0.1) is 24.0 Å². The number of anilines is 1. The van der Waals surface area contributed by atoms with Gasteiger partial charge in [-0.2, -0.15) is 5.10 Å². The molecule has 130 valence electrons. The summed E-state index contributed by atoms with van der Waals surface area (Å²) in [5.41, 5.74) is -0.102. The largest absolute Gasteiger partial charge is 0.311 e. The van der Waals surface area contributed by atoms with Crippen LogP contribution in [0, 0.1) is 0 Å². The highest BCUT2D eigenvalue weighted by Gasteiger charge is 2.20. The molecule has 3 aromatic heterocycles. The minimum Gasteiger partial charge on any atom is -0.311 e. The van der Waals surface area contributed by atoms with Gasteiger partial charge in [0.2, 0.25) is 5.91 Å². The van der Waals surface area contributed by atoms with E-state index in [2.05, 4.69) is 15.4 Å². The van der Waals surface area contributed by atoms with Gasteiger partial charge in [0, 0.05) is 19.0 Å². The number of hydrogen-bond donors (Lipinski definition) is 1. The molecule has 7 nitrogen and oxygen atoms in total. The standard InChI is InChI=1S/C17H19N5O2S/c23-15(20-14-5-8-19-22(14)12-3-1-2-4-12)6-9-21-11-18-16-13(17(21)24)7-10-25-16/h5,7-8,10-12H,1-4,6,9H2,(H,20,23). The molecular weight excluding hydrogens is 338 g/mol. The van der Waals surface area contributed by atoms with E-state index in [1.54, 1.807) is 12.3 Å². The molecule has 1 saturated carbocycles. The Morgan fingerprint density at radius 1 is 1.32 bits per heavy atom. The molecule has 0 spiro atoms. The molecule has 25 heavy (non-hydrogen) atoms. The lowest BCUT2D eigenvalue weighted by Gasteiger charge is -2.14. The van der Waals surface area contributed by atoms with E-state index in [-0.39, 0.29) is 17.9 Å². The second kappa shape index (κ2) is 6.79. The summed E-state index contributed by atoms with van der Waals surface area (Å²) in [5.74, 6) is 0.604. The fourth-order valence-electron chi connectivity index (χ4n) is 3.33. The van der Waals surface area contributed by atoms with Crippen molar-refractivity contribution in [2.75, 3.05) is 5.32 Å². The van der Waals surface area contributed by atoms with Gasteiger partial charge in [0.1, 0.15) is 10.6 Å². The molecule has 0 radical (unpaired) electrons. The van der Waals surface area contributed by atoms with Crippen molar-refractivity contribution in [1.82, 2.24) is 19.3 Å². The first-order chi connectivity index (χ1) is 12.2. The number of aromatic nitrogens is 4. The molecule has 1 aliphatic rings. The molecule has 1 aliphatic carbocycles. The monoisotopic (exact) mass is 357 g/mol. The number of nitrogens with one attached hydrogen (secondary N) is 1. The van der Waals surface area contributed by atoms with Crippen LogP contribution in [0.4, 0.5) is 5.82 Å². The first-order valence-corrected chi connectivity index (χ1v) is 9.36. The van der Waals surface area contributed by atoms with Gasteiger partial charge in [0.15, 0.2) is 0 Å². The van der Waals surface area contributed by atoms with Crippen molar-refractivity contribution in [3.8, 4) is 0 Å². The normalized spacial score (nSPS) is 15.0. The minimum absolute atomic E-state index is 0.102. The molecule has 8 heteroatoms. The lowest BCUT2D eigenvalue weighted by Crippen LogP contribution is -2.24. The van der Waals surface area contributed by atoms with E-state index < -0.39 is 0 Å². The summed E-state index contributed by atoms with van der Waals surface area (Å²) in [4.78, 5) is 29.6. The van der Waals surface area contributed by atoms with Crippen molar-refractivity contribution in [2.45, 2.75) is 44.7 Å². The zero-order chi connectivity index (χ0) is 17.2. The molecule has 0 aliphatic heterocycles. The Morgan fingerprint density at radius 3 is 3.00 bits per heavy atom. The van der Waals surface area contributed by atoms with Gasteiger partial charge in [0.25, 0.3) is 5.56 Å². The number of hydrogen-bond acceptors (Lipinski definition) is 5. The molecule has 3 aromatic rings. The maximum Gasteiger partial charge on any atom is 0.262 e. The van der Waals surface area contributed by atoms with E-state index >= 15 is 0 Å². The molecular formula is C17H19N5O2S. The molecule has 3 heterocycles. The van der Waals surface area contributed by atoms with Crippen molar-refractivity contribution < 1.29 is 4.79 Å². The third-order valence-corrected chi connectivity index (χ3v) is 5.46. The smallest absolute Gasteiger partial charge is 0.262 e. The predicted octanol–water partition coefficient (Wildman–Crippen LogP) is 2.80. The van der Waals surface area contributed by atoms with Crippen LogP contribution in [0.5, 0.6) is 0 Å². The zero-order valence-electron chi connectivity index (χ0n) is 13.7. The summed E-state index contributed by atoms with van der Waals surface area (Å²) in [6.45, 7) is 0.307. The van der Waals surface area contributed by atoms with Gasteiger partial charge in [-0.15, -0.1) is 11.3 Å². The molecule has 0 aromatic carbocycles. The van der Waals surface area contributed by atoms with Crippen LogP contribution in [0.15, 0.2) is 34.8 Å². The van der Waals surface area contributed by atoms with E-state index in [1.165, 1.54) is 35.1 Å². The molecule has 0 bridgehead atoms. The van der Waals surface area contributed by atoms with E-state index in [9.17, 15) is 9.59 Å². The van der Waals surface area contributed by atoms with Crippen molar-refractivity contribution in [2.24, 2.45) is 0 Å². The second-order valence-corrected chi connectivity index (χ2v) is 7.17. The first-order valence-electron chi connectivity index (χ1n) is 8.48. The van der Waals surface area contributed by atoms with Crippen LogP contribution in [-0.4, -0.2) is 25.2 Å². The van der Waals surface area contributed by atoms with Crippen LogP contribution in [0.2, 0.25) is 0 Å². The fourth-order valence-corrected chi connectivity index (χ4v) is 4.06. The van der Waals surface area contributed by atoms with Crippen LogP contribution in [0.3, 0.4) is 0 Å². The number of rotatable bonds is 5. The Balaban J connectivity index is 1.41. The van der Waals surface area contributed by atoms with Gasteiger partial charge in [-0.3, -0.25) is 14.2 Å². The maximum absolute atomic E-state index is 12.3. The number of amides is 1. The van der Waals surface area contributed by atoms with Gasteiger partial charge in [-0.1, -0.05) is 12.8 Å². The van der Waals surface area contributed by atoms with Crippen molar-refractivity contribution in [3.05, 3.63) is 40.4 Å². The summed E-state index contributed by atoms with van der Waals surface area (Å²) in [7, 11) is 0. The predicted molar refractivity (Wildman–Crippen MR) is 96.9 cm³/mol. The van der Waals surface area contributed by atoms with Gasteiger partial charge < -0.3 is 5.32 Å². The third kappa shape index (κ3) is 3.21. The first kappa shape index (κ1) is 16.0. The average molecular weight is 357 g/mol. The van der Waals surface area contributed by atoms with Gasteiger partial charge in [-0.05, 0) is 24.3 Å². The molecule has 0 atom stereocenters.